The zero-order valence-corrected chi connectivity index (χ0v) is 23.4. The van der Waals surface area contributed by atoms with E-state index in [1.165, 1.54) is 94.0 Å². The molecule has 1 aromatic heterocycles. The first-order valence-electron chi connectivity index (χ1n) is 14.8. The number of hydrogen-bond donors (Lipinski definition) is 1. The second kappa shape index (κ2) is 15.7. The number of aryl methyl sites for hydroxylation is 1. The van der Waals surface area contributed by atoms with Crippen molar-refractivity contribution in [2.24, 2.45) is 0 Å². The number of aromatic nitrogens is 2. The highest BCUT2D eigenvalue weighted by molar-refractivity contribution is 5.32. The van der Waals surface area contributed by atoms with Crippen LogP contribution in [0.1, 0.15) is 121 Å². The van der Waals surface area contributed by atoms with Crippen molar-refractivity contribution in [3.05, 3.63) is 90.0 Å². The molecule has 2 aromatic carbocycles. The molecule has 2 nitrogen and oxygen atoms in total. The van der Waals surface area contributed by atoms with Crippen molar-refractivity contribution < 1.29 is 4.57 Å². The van der Waals surface area contributed by atoms with Crippen LogP contribution < -0.4 is 4.57 Å². The third-order valence-corrected chi connectivity index (χ3v) is 8.09. The minimum atomic E-state index is 0.0147. The molecule has 196 valence electrons. The molecule has 3 rings (SSSR count). The monoisotopic (exact) mass is 487 g/mol. The van der Waals surface area contributed by atoms with Crippen LogP contribution in [0.5, 0.6) is 0 Å². The molecule has 0 aliphatic rings. The molecule has 36 heavy (non-hydrogen) atoms. The number of aromatic amines is 1. The van der Waals surface area contributed by atoms with Crippen LogP contribution in [-0.2, 0) is 18.4 Å². The predicted octanol–water partition coefficient (Wildman–Crippen LogP) is 9.31. The molecule has 3 aromatic rings. The Morgan fingerprint density at radius 3 is 1.97 bits per heavy atom. The zero-order chi connectivity index (χ0) is 25.5. The Kier molecular flexibility index (Phi) is 12.3. The lowest BCUT2D eigenvalue weighted by Gasteiger charge is -2.37. The van der Waals surface area contributed by atoms with Crippen molar-refractivity contribution in [2.45, 2.75) is 122 Å². The van der Waals surface area contributed by atoms with E-state index in [9.17, 15) is 0 Å². The van der Waals surface area contributed by atoms with Crippen LogP contribution in [-0.4, -0.2) is 4.98 Å². The van der Waals surface area contributed by atoms with E-state index in [4.69, 9.17) is 0 Å². The topological polar surface area (TPSA) is 19.7 Å². The van der Waals surface area contributed by atoms with Gasteiger partial charge in [0, 0.05) is 5.41 Å². The van der Waals surface area contributed by atoms with E-state index in [1.54, 1.807) is 0 Å². The van der Waals surface area contributed by atoms with Crippen LogP contribution in [0.25, 0.3) is 0 Å². The molecule has 0 bridgehead atoms. The number of hydrogen-bond acceptors (Lipinski definition) is 0. The fourth-order valence-electron chi connectivity index (χ4n) is 5.91. The van der Waals surface area contributed by atoms with Crippen LogP contribution in [0.2, 0.25) is 0 Å². The fourth-order valence-corrected chi connectivity index (χ4v) is 5.91. The molecule has 0 saturated heterocycles. The van der Waals surface area contributed by atoms with Crippen molar-refractivity contribution in [1.29, 1.82) is 0 Å². The summed E-state index contributed by atoms with van der Waals surface area (Å²) in [5, 5.41) is 0. The average molecular weight is 488 g/mol. The molecule has 0 saturated carbocycles. The minimum Gasteiger partial charge on any atom is -0.247 e. The largest absolute Gasteiger partial charge is 0.258 e. The molecular formula is C34H51N2+. The second-order valence-electron chi connectivity index (χ2n) is 11.0. The lowest BCUT2D eigenvalue weighted by Crippen LogP contribution is -2.43. The third-order valence-electron chi connectivity index (χ3n) is 8.09. The molecular weight excluding hydrogens is 436 g/mol. The van der Waals surface area contributed by atoms with Gasteiger partial charge in [0.15, 0.2) is 0 Å². The fraction of sp³-hybridized carbons (Fsp3) is 0.559. The number of nitrogens with one attached hydrogen (secondary N) is 1. The van der Waals surface area contributed by atoms with Gasteiger partial charge in [-0.05, 0) is 36.8 Å². The Labute approximate surface area is 221 Å². The second-order valence-corrected chi connectivity index (χ2v) is 11.0. The van der Waals surface area contributed by atoms with Crippen molar-refractivity contribution in [3.63, 3.8) is 0 Å². The first-order valence-corrected chi connectivity index (χ1v) is 14.8. The SMILES string of the molecule is CCCCCCCCC(c1[nH]cc[n+]1CCCCCCC)C(C)(Cc1ccccc1)c1ccccc1. The summed E-state index contributed by atoms with van der Waals surface area (Å²) in [5.74, 6) is 1.86. The van der Waals surface area contributed by atoms with E-state index in [1.807, 2.05) is 0 Å². The molecule has 0 aliphatic heterocycles. The van der Waals surface area contributed by atoms with Crippen molar-refractivity contribution >= 4 is 0 Å². The van der Waals surface area contributed by atoms with Gasteiger partial charge < -0.3 is 0 Å². The van der Waals surface area contributed by atoms with Gasteiger partial charge in [0.1, 0.15) is 12.4 Å². The molecule has 2 heteroatoms. The van der Waals surface area contributed by atoms with E-state index in [-0.39, 0.29) is 5.41 Å². The predicted molar refractivity (Wildman–Crippen MR) is 154 cm³/mol. The number of nitrogens with zero attached hydrogens (tertiary/aromatic N) is 1. The number of unbranched alkanes of at least 4 members (excludes halogenated alkanes) is 9. The molecule has 2 unspecified atom stereocenters. The Bertz CT molecular complexity index is 946. The summed E-state index contributed by atoms with van der Waals surface area (Å²) in [7, 11) is 0. The molecule has 1 N–H and O–H groups in total. The average Bonchev–Trinajstić information content (AvgIpc) is 3.37. The number of imidazole rings is 1. The highest BCUT2D eigenvalue weighted by atomic mass is 15.1. The van der Waals surface area contributed by atoms with Gasteiger partial charge in [-0.1, -0.05) is 139 Å². The van der Waals surface area contributed by atoms with Gasteiger partial charge in [0.05, 0.1) is 12.5 Å². The van der Waals surface area contributed by atoms with E-state index >= 15 is 0 Å². The Balaban J connectivity index is 1.89. The van der Waals surface area contributed by atoms with Crippen LogP contribution in [0.4, 0.5) is 0 Å². The Morgan fingerprint density at radius 1 is 0.722 bits per heavy atom. The molecule has 0 spiro atoms. The molecule has 0 amide bonds. The van der Waals surface area contributed by atoms with Crippen LogP contribution in [0, 0.1) is 0 Å². The molecule has 1 heterocycles. The summed E-state index contributed by atoms with van der Waals surface area (Å²) in [5.41, 5.74) is 2.89. The summed E-state index contributed by atoms with van der Waals surface area (Å²) < 4.78 is 2.54. The summed E-state index contributed by atoms with van der Waals surface area (Å²) in [4.78, 5) is 3.74. The summed E-state index contributed by atoms with van der Waals surface area (Å²) in [6, 6.07) is 22.4. The number of H-pyrrole nitrogens is 1. The Hall–Kier alpha value is -2.35. The van der Waals surface area contributed by atoms with Gasteiger partial charge in [-0.25, -0.2) is 9.55 Å². The molecule has 0 fully saturated rings. The first kappa shape index (κ1) is 28.2. The zero-order valence-electron chi connectivity index (χ0n) is 23.4. The number of benzene rings is 2. The lowest BCUT2D eigenvalue weighted by atomic mass is 9.66. The van der Waals surface area contributed by atoms with Gasteiger partial charge in [0.25, 0.3) is 5.82 Å². The van der Waals surface area contributed by atoms with Gasteiger partial charge in [-0.3, -0.25) is 0 Å². The quantitative estimate of drug-likeness (QED) is 0.136. The molecule has 2 atom stereocenters. The van der Waals surface area contributed by atoms with Gasteiger partial charge in [-0.2, -0.15) is 0 Å². The highest BCUT2D eigenvalue weighted by Gasteiger charge is 2.41. The van der Waals surface area contributed by atoms with Crippen molar-refractivity contribution in [2.75, 3.05) is 0 Å². The van der Waals surface area contributed by atoms with Crippen LogP contribution in [0.3, 0.4) is 0 Å². The normalized spacial score (nSPS) is 14.0. The standard InChI is InChI=1S/C34H50N2/c1-4-6-8-10-11-19-25-32(33-35-26-28-36(33)27-20-12-9-7-5-2)34(3,31-23-17-14-18-24-31)29-30-21-15-13-16-22-30/h13-18,21-24,26,28,32H,4-12,19-20,25,27,29H2,1-3H3/p+1. The van der Waals surface area contributed by atoms with E-state index < -0.39 is 0 Å². The van der Waals surface area contributed by atoms with E-state index in [0.717, 1.165) is 13.0 Å². The lowest BCUT2D eigenvalue weighted by molar-refractivity contribution is -0.705. The molecule has 0 radical (unpaired) electrons. The van der Waals surface area contributed by atoms with E-state index in [2.05, 4.69) is 103 Å². The summed E-state index contributed by atoms with van der Waals surface area (Å²) >= 11 is 0. The van der Waals surface area contributed by atoms with E-state index in [0.29, 0.717) is 5.92 Å². The highest BCUT2D eigenvalue weighted by Crippen LogP contribution is 2.43. The smallest absolute Gasteiger partial charge is 0.247 e. The van der Waals surface area contributed by atoms with Crippen molar-refractivity contribution in [3.8, 4) is 0 Å². The van der Waals surface area contributed by atoms with Gasteiger partial charge in [-0.15, -0.1) is 0 Å². The van der Waals surface area contributed by atoms with Crippen molar-refractivity contribution in [1.82, 2.24) is 4.98 Å². The third kappa shape index (κ3) is 8.36. The minimum absolute atomic E-state index is 0.0147. The summed E-state index contributed by atoms with van der Waals surface area (Å²) in [6.07, 6.45) is 21.4. The molecule has 0 aliphatic carbocycles. The maximum Gasteiger partial charge on any atom is 0.258 e. The Morgan fingerprint density at radius 2 is 1.31 bits per heavy atom. The van der Waals surface area contributed by atoms with Gasteiger partial charge in [0.2, 0.25) is 0 Å². The summed E-state index contributed by atoms with van der Waals surface area (Å²) in [6.45, 7) is 8.23. The maximum absolute atomic E-state index is 3.74. The maximum atomic E-state index is 3.74. The first-order chi connectivity index (χ1) is 17.7. The van der Waals surface area contributed by atoms with Crippen LogP contribution in [0.15, 0.2) is 73.1 Å². The number of rotatable bonds is 18. The van der Waals surface area contributed by atoms with Gasteiger partial charge >= 0.3 is 0 Å². The van der Waals surface area contributed by atoms with Crippen LogP contribution >= 0.6 is 0 Å².